The number of halogens is 3. The number of amides is 1. The molecule has 10 heteroatoms. The van der Waals surface area contributed by atoms with Gasteiger partial charge in [0, 0.05) is 11.6 Å². The quantitative estimate of drug-likeness (QED) is 0.476. The van der Waals surface area contributed by atoms with Gasteiger partial charge < -0.3 is 19.3 Å². The minimum atomic E-state index is -2.98. The fourth-order valence-electron chi connectivity index (χ4n) is 2.71. The van der Waals surface area contributed by atoms with Gasteiger partial charge in [0.2, 0.25) is 17.6 Å². The molecular weight excluding hydrogens is 427 g/mol. The van der Waals surface area contributed by atoms with Crippen molar-refractivity contribution in [3.63, 3.8) is 0 Å². The van der Waals surface area contributed by atoms with Crippen LogP contribution in [-0.4, -0.2) is 29.3 Å². The smallest absolute Gasteiger partial charge is 0.387 e. The molecule has 7 nitrogen and oxygen atoms in total. The monoisotopic (exact) mass is 447 g/mol. The van der Waals surface area contributed by atoms with Gasteiger partial charge in [0.1, 0.15) is 11.9 Å². The summed E-state index contributed by atoms with van der Waals surface area (Å²) in [4.78, 5) is 16.5. The third-order valence-electron chi connectivity index (χ3n) is 4.18. The molecule has 1 amide bonds. The van der Waals surface area contributed by atoms with Crippen LogP contribution in [0.5, 0.6) is 11.5 Å². The van der Waals surface area contributed by atoms with Crippen LogP contribution in [0.4, 0.5) is 13.2 Å². The lowest BCUT2D eigenvalue weighted by molar-refractivity contribution is -0.117. The first-order valence-electron chi connectivity index (χ1n) is 9.65. The summed E-state index contributed by atoms with van der Waals surface area (Å²) >= 11 is 0. The van der Waals surface area contributed by atoms with Crippen LogP contribution in [0, 0.1) is 5.82 Å². The van der Waals surface area contributed by atoms with Gasteiger partial charge in [0.15, 0.2) is 11.5 Å². The van der Waals surface area contributed by atoms with Gasteiger partial charge >= 0.3 is 6.61 Å². The van der Waals surface area contributed by atoms with Crippen molar-refractivity contribution >= 4 is 12.0 Å². The Labute approximate surface area is 181 Å². The molecule has 2 aromatic carbocycles. The van der Waals surface area contributed by atoms with Crippen molar-refractivity contribution in [1.29, 1.82) is 0 Å². The van der Waals surface area contributed by atoms with Gasteiger partial charge in [0.05, 0.1) is 6.61 Å². The third kappa shape index (κ3) is 6.10. The zero-order chi connectivity index (χ0) is 23.1. The number of benzene rings is 2. The minimum absolute atomic E-state index is 0.0922. The number of alkyl halides is 2. The zero-order valence-corrected chi connectivity index (χ0v) is 17.2. The molecule has 0 aliphatic heterocycles. The summed E-state index contributed by atoms with van der Waals surface area (Å²) in [5.41, 5.74) is 1.12. The second kappa shape index (κ2) is 10.5. The van der Waals surface area contributed by atoms with Crippen molar-refractivity contribution in [2.45, 2.75) is 26.5 Å². The van der Waals surface area contributed by atoms with Gasteiger partial charge in [-0.05, 0) is 61.9 Å². The Morgan fingerprint density at radius 1 is 1.19 bits per heavy atom. The minimum Gasteiger partial charge on any atom is -0.490 e. The molecule has 168 valence electrons. The van der Waals surface area contributed by atoms with E-state index in [2.05, 4.69) is 20.2 Å². The molecular formula is C22H20F3N3O4. The van der Waals surface area contributed by atoms with E-state index in [4.69, 9.17) is 9.26 Å². The molecule has 0 bridgehead atoms. The highest BCUT2D eigenvalue weighted by atomic mass is 19.3. The molecule has 0 aliphatic rings. The Bertz CT molecular complexity index is 1080. The van der Waals surface area contributed by atoms with Crippen molar-refractivity contribution in [3.8, 4) is 22.9 Å². The Hall–Kier alpha value is -3.82. The molecule has 0 saturated carbocycles. The van der Waals surface area contributed by atoms with Crippen LogP contribution in [0.15, 0.2) is 53.1 Å². The number of nitrogens with one attached hydrogen (secondary N) is 1. The van der Waals surface area contributed by atoms with E-state index in [0.29, 0.717) is 11.1 Å². The Balaban J connectivity index is 1.63. The van der Waals surface area contributed by atoms with Crippen LogP contribution in [0.2, 0.25) is 0 Å². The molecule has 1 heterocycles. The first-order chi connectivity index (χ1) is 15.4. The second-order valence-electron chi connectivity index (χ2n) is 6.54. The first kappa shape index (κ1) is 22.9. The highest BCUT2D eigenvalue weighted by Crippen LogP contribution is 2.30. The largest absolute Gasteiger partial charge is 0.490 e. The maximum atomic E-state index is 13.0. The maximum Gasteiger partial charge on any atom is 0.387 e. The van der Waals surface area contributed by atoms with Crippen LogP contribution in [-0.2, 0) is 4.79 Å². The summed E-state index contributed by atoms with van der Waals surface area (Å²) in [6, 6.07) is 9.35. The van der Waals surface area contributed by atoms with Crippen molar-refractivity contribution in [3.05, 3.63) is 65.8 Å². The molecule has 0 fully saturated rings. The van der Waals surface area contributed by atoms with Gasteiger partial charge in [-0.1, -0.05) is 11.2 Å². The SMILES string of the molecule is CCOc1cc(/C=C/C(=O)NC(C)c2nc(-c3ccc(F)cc3)no2)ccc1OC(F)F. The number of carbonyl (C=O) groups is 1. The molecule has 0 saturated heterocycles. The van der Waals surface area contributed by atoms with E-state index in [0.717, 1.165) is 0 Å². The van der Waals surface area contributed by atoms with Gasteiger partial charge in [-0.3, -0.25) is 4.79 Å². The Morgan fingerprint density at radius 3 is 2.62 bits per heavy atom. The molecule has 1 aromatic heterocycles. The lowest BCUT2D eigenvalue weighted by Crippen LogP contribution is -2.24. The van der Waals surface area contributed by atoms with Crippen molar-refractivity contribution < 1.29 is 32.0 Å². The molecule has 0 spiro atoms. The van der Waals surface area contributed by atoms with E-state index in [-0.39, 0.29) is 35.6 Å². The highest BCUT2D eigenvalue weighted by Gasteiger charge is 2.17. The van der Waals surface area contributed by atoms with Gasteiger partial charge in [-0.2, -0.15) is 13.8 Å². The molecule has 1 atom stereocenters. The van der Waals surface area contributed by atoms with E-state index in [9.17, 15) is 18.0 Å². The number of carbonyl (C=O) groups excluding carboxylic acids is 1. The molecule has 1 unspecified atom stereocenters. The van der Waals surface area contributed by atoms with E-state index in [1.807, 2.05) is 0 Å². The molecule has 0 radical (unpaired) electrons. The molecule has 1 N–H and O–H groups in total. The summed E-state index contributed by atoms with van der Waals surface area (Å²) in [6.45, 7) is 0.658. The summed E-state index contributed by atoms with van der Waals surface area (Å²) in [5.74, 6) is -0.322. The summed E-state index contributed by atoms with van der Waals surface area (Å²) in [5, 5.41) is 6.52. The van der Waals surface area contributed by atoms with Crippen molar-refractivity contribution in [1.82, 2.24) is 15.5 Å². The lowest BCUT2D eigenvalue weighted by Gasteiger charge is -2.11. The predicted molar refractivity (Wildman–Crippen MR) is 110 cm³/mol. The van der Waals surface area contributed by atoms with Crippen LogP contribution in [0.1, 0.15) is 31.3 Å². The molecule has 0 aliphatic carbocycles. The van der Waals surface area contributed by atoms with Crippen LogP contribution in [0.3, 0.4) is 0 Å². The Kier molecular flexibility index (Phi) is 7.48. The van der Waals surface area contributed by atoms with Crippen molar-refractivity contribution in [2.24, 2.45) is 0 Å². The average Bonchev–Trinajstić information content (AvgIpc) is 3.25. The number of hydrogen-bond acceptors (Lipinski definition) is 6. The van der Waals surface area contributed by atoms with Crippen LogP contribution in [0.25, 0.3) is 17.5 Å². The van der Waals surface area contributed by atoms with Crippen LogP contribution < -0.4 is 14.8 Å². The number of rotatable bonds is 9. The Morgan fingerprint density at radius 2 is 1.94 bits per heavy atom. The van der Waals surface area contributed by atoms with Crippen molar-refractivity contribution in [2.75, 3.05) is 6.61 Å². The fraction of sp³-hybridized carbons (Fsp3) is 0.227. The fourth-order valence-corrected chi connectivity index (χ4v) is 2.71. The van der Waals surface area contributed by atoms with E-state index in [1.165, 1.54) is 54.6 Å². The van der Waals surface area contributed by atoms with E-state index < -0.39 is 18.6 Å². The predicted octanol–water partition coefficient (Wildman–Crippen LogP) is 4.77. The first-order valence-corrected chi connectivity index (χ1v) is 9.65. The number of hydrogen-bond donors (Lipinski definition) is 1. The van der Waals surface area contributed by atoms with E-state index >= 15 is 0 Å². The molecule has 32 heavy (non-hydrogen) atoms. The normalized spacial score (nSPS) is 12.2. The lowest BCUT2D eigenvalue weighted by atomic mass is 10.2. The maximum absolute atomic E-state index is 13.0. The van der Waals surface area contributed by atoms with Gasteiger partial charge in [-0.25, -0.2) is 4.39 Å². The summed E-state index contributed by atoms with van der Waals surface area (Å²) in [7, 11) is 0. The average molecular weight is 447 g/mol. The topological polar surface area (TPSA) is 86.5 Å². The third-order valence-corrected chi connectivity index (χ3v) is 4.18. The standard InChI is InChI=1S/C22H20F3N3O4/c1-3-30-18-12-14(4-10-17(18)31-22(24)25)5-11-19(29)26-13(2)21-27-20(28-32-21)15-6-8-16(23)9-7-15/h4-13,22H,3H2,1-2H3,(H,26,29)/b11-5+. The van der Waals surface area contributed by atoms with Gasteiger partial charge in [-0.15, -0.1) is 0 Å². The number of ether oxygens (including phenoxy) is 2. The summed E-state index contributed by atoms with van der Waals surface area (Å²) < 4.78 is 52.9. The molecule has 3 aromatic rings. The second-order valence-corrected chi connectivity index (χ2v) is 6.54. The van der Waals surface area contributed by atoms with Gasteiger partial charge in [0.25, 0.3) is 0 Å². The zero-order valence-electron chi connectivity index (χ0n) is 17.2. The highest BCUT2D eigenvalue weighted by molar-refractivity contribution is 5.92. The van der Waals surface area contributed by atoms with Crippen LogP contribution >= 0.6 is 0 Å². The number of nitrogens with zero attached hydrogens (tertiary/aromatic N) is 2. The van der Waals surface area contributed by atoms with E-state index in [1.54, 1.807) is 13.8 Å². The number of aromatic nitrogens is 2. The summed E-state index contributed by atoms with van der Waals surface area (Å²) in [6.07, 6.45) is 2.76. The molecule has 3 rings (SSSR count).